The second-order valence-corrected chi connectivity index (χ2v) is 4.93. The van der Waals surface area contributed by atoms with E-state index >= 15 is 0 Å². The van der Waals surface area contributed by atoms with Gasteiger partial charge in [-0.1, -0.05) is 0 Å². The van der Waals surface area contributed by atoms with Crippen LogP contribution in [0.3, 0.4) is 0 Å². The molecule has 0 atom stereocenters. The van der Waals surface area contributed by atoms with Crippen LogP contribution >= 0.6 is 0 Å². The highest BCUT2D eigenvalue weighted by atomic mass is 16.2. The van der Waals surface area contributed by atoms with Gasteiger partial charge in [-0.25, -0.2) is 0 Å². The lowest BCUT2D eigenvalue weighted by atomic mass is 10.2. The maximum absolute atomic E-state index is 12.3. The second kappa shape index (κ2) is 5.78. The van der Waals surface area contributed by atoms with Crippen molar-refractivity contribution in [2.45, 2.75) is 0 Å². The molecule has 21 heavy (non-hydrogen) atoms. The largest absolute Gasteiger partial charge is 0.367 e. The third-order valence-electron chi connectivity index (χ3n) is 3.61. The first-order valence-electron chi connectivity index (χ1n) is 6.87. The molecule has 1 amide bonds. The van der Waals surface area contributed by atoms with Crippen LogP contribution in [0.25, 0.3) is 0 Å². The lowest BCUT2D eigenvalue weighted by molar-refractivity contribution is 0.0746. The van der Waals surface area contributed by atoms with Crippen molar-refractivity contribution in [3.63, 3.8) is 0 Å². The monoisotopic (exact) mass is 284 g/mol. The summed E-state index contributed by atoms with van der Waals surface area (Å²) in [6.07, 6.45) is 4.96. The molecule has 0 aliphatic carbocycles. The minimum Gasteiger partial charge on any atom is -0.367 e. The predicted octanol–water partition coefficient (Wildman–Crippen LogP) is 0.732. The summed E-state index contributed by atoms with van der Waals surface area (Å²) in [4.78, 5) is 34.0. The molecule has 3 heterocycles. The quantitative estimate of drug-likeness (QED) is 0.883. The van der Waals surface area contributed by atoms with Crippen LogP contribution in [0, 0.1) is 0 Å². The molecule has 0 unspecified atom stereocenters. The lowest BCUT2D eigenvalue weighted by Gasteiger charge is -2.35. The summed E-state index contributed by atoms with van der Waals surface area (Å²) in [5, 5.41) is 0. The Kier molecular flexibility index (Phi) is 3.68. The molecule has 0 radical (unpaired) electrons. The number of carbonyl (C=O) groups is 1. The molecule has 0 aromatic carbocycles. The first-order chi connectivity index (χ1) is 10.2. The summed E-state index contributed by atoms with van der Waals surface area (Å²) in [6.45, 7) is 2.82. The number of nitrogens with zero attached hydrogens (tertiary/aromatic N) is 3. The smallest absolute Gasteiger partial charge is 0.255 e. The molecule has 6 nitrogen and oxygen atoms in total. The molecular weight excluding hydrogens is 268 g/mol. The molecule has 1 saturated heterocycles. The van der Waals surface area contributed by atoms with Crippen LogP contribution in [0.4, 0.5) is 5.69 Å². The van der Waals surface area contributed by atoms with Crippen LogP contribution < -0.4 is 10.5 Å². The summed E-state index contributed by atoms with van der Waals surface area (Å²) in [5.41, 5.74) is 1.49. The van der Waals surface area contributed by atoms with Crippen molar-refractivity contribution in [3.05, 3.63) is 58.8 Å². The van der Waals surface area contributed by atoms with E-state index in [1.165, 1.54) is 6.07 Å². The number of pyridine rings is 2. The number of hydrogen-bond acceptors (Lipinski definition) is 4. The van der Waals surface area contributed by atoms with Crippen molar-refractivity contribution < 1.29 is 4.79 Å². The third kappa shape index (κ3) is 2.94. The van der Waals surface area contributed by atoms with Crippen LogP contribution in [-0.2, 0) is 0 Å². The van der Waals surface area contributed by atoms with Crippen molar-refractivity contribution in [1.29, 1.82) is 0 Å². The zero-order valence-electron chi connectivity index (χ0n) is 11.5. The fourth-order valence-electron chi connectivity index (χ4n) is 2.44. The van der Waals surface area contributed by atoms with Gasteiger partial charge >= 0.3 is 0 Å². The number of anilines is 1. The normalized spacial score (nSPS) is 15.0. The molecule has 6 heteroatoms. The van der Waals surface area contributed by atoms with E-state index in [2.05, 4.69) is 14.9 Å². The number of aromatic amines is 1. The number of hydrogen-bond donors (Lipinski definition) is 1. The van der Waals surface area contributed by atoms with Gasteiger partial charge in [0.05, 0.1) is 11.3 Å². The van der Waals surface area contributed by atoms with E-state index in [0.29, 0.717) is 18.7 Å². The number of amides is 1. The van der Waals surface area contributed by atoms with E-state index in [1.807, 2.05) is 4.90 Å². The SMILES string of the molecule is O=C(c1cccnc1)N1CCN(c2ccc(=O)[nH]c2)CC1. The topological polar surface area (TPSA) is 69.3 Å². The zero-order valence-corrected chi connectivity index (χ0v) is 11.5. The molecule has 2 aromatic heterocycles. The number of carbonyl (C=O) groups excluding carboxylic acids is 1. The van der Waals surface area contributed by atoms with Gasteiger partial charge in [0.2, 0.25) is 5.56 Å². The molecular formula is C15H16N4O2. The predicted molar refractivity (Wildman–Crippen MR) is 79.4 cm³/mol. The zero-order chi connectivity index (χ0) is 14.7. The Morgan fingerprint density at radius 2 is 1.95 bits per heavy atom. The highest BCUT2D eigenvalue weighted by Crippen LogP contribution is 2.15. The van der Waals surface area contributed by atoms with E-state index in [1.54, 1.807) is 36.8 Å². The van der Waals surface area contributed by atoms with Crippen molar-refractivity contribution >= 4 is 11.6 Å². The minimum atomic E-state index is -0.107. The fraction of sp³-hybridized carbons (Fsp3) is 0.267. The Balaban J connectivity index is 1.64. The summed E-state index contributed by atoms with van der Waals surface area (Å²) < 4.78 is 0. The summed E-state index contributed by atoms with van der Waals surface area (Å²) in [5.74, 6) is 0.0178. The lowest BCUT2D eigenvalue weighted by Crippen LogP contribution is -2.48. The molecule has 0 saturated carbocycles. The van der Waals surface area contributed by atoms with Crippen LogP contribution in [0.2, 0.25) is 0 Å². The van der Waals surface area contributed by atoms with Gasteiger partial charge < -0.3 is 14.8 Å². The van der Waals surface area contributed by atoms with Gasteiger partial charge in [-0.05, 0) is 18.2 Å². The highest BCUT2D eigenvalue weighted by Gasteiger charge is 2.22. The van der Waals surface area contributed by atoms with Gasteiger partial charge in [0.15, 0.2) is 0 Å². The van der Waals surface area contributed by atoms with Crippen molar-refractivity contribution in [2.24, 2.45) is 0 Å². The molecule has 1 fully saturated rings. The van der Waals surface area contributed by atoms with Crippen molar-refractivity contribution in [3.8, 4) is 0 Å². The Hall–Kier alpha value is -2.63. The summed E-state index contributed by atoms with van der Waals surface area (Å²) in [6, 6.07) is 6.87. The van der Waals surface area contributed by atoms with Gasteiger partial charge in [0.25, 0.3) is 5.91 Å². The van der Waals surface area contributed by atoms with Gasteiger partial charge in [0.1, 0.15) is 0 Å². The first kappa shape index (κ1) is 13.4. The Bertz CT molecular complexity index is 655. The molecule has 1 aliphatic heterocycles. The average molecular weight is 284 g/mol. The summed E-state index contributed by atoms with van der Waals surface area (Å²) >= 11 is 0. The van der Waals surface area contributed by atoms with Crippen LogP contribution in [0.15, 0.2) is 47.7 Å². The number of H-pyrrole nitrogens is 1. The molecule has 0 bridgehead atoms. The van der Waals surface area contributed by atoms with Crippen LogP contribution in [0.1, 0.15) is 10.4 Å². The summed E-state index contributed by atoms with van der Waals surface area (Å²) in [7, 11) is 0. The van der Waals surface area contributed by atoms with E-state index < -0.39 is 0 Å². The number of nitrogens with one attached hydrogen (secondary N) is 1. The van der Waals surface area contributed by atoms with Gasteiger partial charge in [-0.2, -0.15) is 0 Å². The third-order valence-corrected chi connectivity index (χ3v) is 3.61. The average Bonchev–Trinajstić information content (AvgIpc) is 2.56. The number of rotatable bonds is 2. The van der Waals surface area contributed by atoms with Gasteiger partial charge in [-0.15, -0.1) is 0 Å². The molecule has 0 spiro atoms. The van der Waals surface area contributed by atoms with E-state index in [-0.39, 0.29) is 11.5 Å². The standard InChI is InChI=1S/C15H16N4O2/c20-14-4-3-13(11-17-14)18-6-8-19(9-7-18)15(21)12-2-1-5-16-10-12/h1-5,10-11H,6-9H2,(H,17,20). The Morgan fingerprint density at radius 3 is 2.57 bits per heavy atom. The Labute approximate surface area is 122 Å². The molecule has 108 valence electrons. The van der Waals surface area contributed by atoms with Gasteiger partial charge in [0, 0.05) is 50.8 Å². The molecule has 1 aliphatic rings. The fourth-order valence-corrected chi connectivity index (χ4v) is 2.44. The number of aromatic nitrogens is 2. The Morgan fingerprint density at radius 1 is 1.14 bits per heavy atom. The maximum Gasteiger partial charge on any atom is 0.255 e. The molecule has 2 aromatic rings. The molecule has 1 N–H and O–H groups in total. The second-order valence-electron chi connectivity index (χ2n) is 4.93. The maximum atomic E-state index is 12.3. The minimum absolute atomic E-state index is 0.0178. The number of piperazine rings is 1. The van der Waals surface area contributed by atoms with Crippen molar-refractivity contribution in [1.82, 2.24) is 14.9 Å². The van der Waals surface area contributed by atoms with Gasteiger partial charge in [-0.3, -0.25) is 14.6 Å². The highest BCUT2D eigenvalue weighted by molar-refractivity contribution is 5.94. The first-order valence-corrected chi connectivity index (χ1v) is 6.87. The van der Waals surface area contributed by atoms with E-state index in [4.69, 9.17) is 0 Å². The van der Waals surface area contributed by atoms with E-state index in [9.17, 15) is 9.59 Å². The molecule has 3 rings (SSSR count). The van der Waals surface area contributed by atoms with Crippen LogP contribution in [0.5, 0.6) is 0 Å². The van der Waals surface area contributed by atoms with E-state index in [0.717, 1.165) is 18.8 Å². The van der Waals surface area contributed by atoms with Crippen molar-refractivity contribution in [2.75, 3.05) is 31.1 Å². The van der Waals surface area contributed by atoms with Crippen LogP contribution in [-0.4, -0.2) is 47.0 Å².